The summed E-state index contributed by atoms with van der Waals surface area (Å²) in [4.78, 5) is 26.8. The zero-order valence-electron chi connectivity index (χ0n) is 11.9. The van der Waals surface area contributed by atoms with Crippen molar-refractivity contribution in [3.8, 4) is 0 Å². The van der Waals surface area contributed by atoms with Crippen molar-refractivity contribution in [2.24, 2.45) is 0 Å². The highest BCUT2D eigenvalue weighted by atomic mass is 16.5. The van der Waals surface area contributed by atoms with E-state index in [0.717, 1.165) is 5.56 Å². The van der Waals surface area contributed by atoms with Crippen LogP contribution in [0.4, 0.5) is 0 Å². The topological polar surface area (TPSA) is 105 Å². The molecule has 110 valence electrons. The van der Waals surface area contributed by atoms with Crippen molar-refractivity contribution >= 4 is 11.9 Å². The van der Waals surface area contributed by atoms with Crippen LogP contribution < -0.4 is 5.32 Å². The smallest absolute Gasteiger partial charge is 0.354 e. The molecule has 0 saturated carbocycles. The minimum absolute atomic E-state index is 0.0495. The first-order valence-corrected chi connectivity index (χ1v) is 6.34. The van der Waals surface area contributed by atoms with Crippen LogP contribution in [0.1, 0.15) is 51.0 Å². The Hall–Kier alpha value is -2.70. The number of nitrogens with one attached hydrogen (secondary N) is 1. The number of pyridine rings is 1. The van der Waals surface area contributed by atoms with Crippen molar-refractivity contribution in [3.63, 3.8) is 0 Å². The second-order valence-electron chi connectivity index (χ2n) is 4.65. The van der Waals surface area contributed by atoms with Crippen molar-refractivity contribution in [3.05, 3.63) is 46.6 Å². The largest absolute Gasteiger partial charge is 0.477 e. The Morgan fingerprint density at radius 1 is 1.29 bits per heavy atom. The Bertz CT molecular complexity index is 674. The molecule has 0 bridgehead atoms. The number of carboxylic acids is 1. The normalized spacial score (nSPS) is 12.0. The lowest BCUT2D eigenvalue weighted by Gasteiger charge is -2.13. The fourth-order valence-electron chi connectivity index (χ4n) is 2.13. The number of rotatable bonds is 4. The number of aromatic nitrogens is 2. The summed E-state index contributed by atoms with van der Waals surface area (Å²) in [6.07, 6.45) is 0. The molecular weight excluding hydrogens is 274 g/mol. The maximum atomic E-state index is 12.1. The highest BCUT2D eigenvalue weighted by molar-refractivity contribution is 5.94. The molecule has 0 spiro atoms. The standard InChI is InChI=1S/C14H15N3O4/c1-7(12-8(2)17-21-9(12)3)15-13(18)10-5-4-6-11(16-10)14(19)20/h4-7H,1-3H3,(H,15,18)(H,19,20). The van der Waals surface area contributed by atoms with Gasteiger partial charge < -0.3 is 14.9 Å². The molecule has 7 heteroatoms. The molecule has 2 aromatic rings. The van der Waals surface area contributed by atoms with E-state index in [2.05, 4.69) is 15.5 Å². The third-order valence-corrected chi connectivity index (χ3v) is 3.07. The Morgan fingerprint density at radius 2 is 1.95 bits per heavy atom. The van der Waals surface area contributed by atoms with Crippen LogP contribution in [0, 0.1) is 13.8 Å². The third kappa shape index (κ3) is 3.07. The highest BCUT2D eigenvalue weighted by Gasteiger charge is 2.20. The fraction of sp³-hybridized carbons (Fsp3) is 0.286. The van der Waals surface area contributed by atoms with Crippen LogP contribution in [0.15, 0.2) is 22.7 Å². The molecule has 0 aromatic carbocycles. The van der Waals surface area contributed by atoms with E-state index in [0.29, 0.717) is 11.5 Å². The average molecular weight is 289 g/mol. The van der Waals surface area contributed by atoms with Gasteiger partial charge in [0.25, 0.3) is 5.91 Å². The molecule has 1 atom stereocenters. The van der Waals surface area contributed by atoms with Gasteiger partial charge in [0.05, 0.1) is 11.7 Å². The van der Waals surface area contributed by atoms with Gasteiger partial charge in [-0.05, 0) is 32.9 Å². The predicted molar refractivity (Wildman–Crippen MR) is 73.1 cm³/mol. The Balaban J connectivity index is 2.18. The van der Waals surface area contributed by atoms with Crippen LogP contribution in [-0.4, -0.2) is 27.1 Å². The summed E-state index contributed by atoms with van der Waals surface area (Å²) in [5, 5.41) is 15.5. The molecule has 0 aliphatic heterocycles. The molecule has 7 nitrogen and oxygen atoms in total. The highest BCUT2D eigenvalue weighted by Crippen LogP contribution is 2.21. The molecule has 1 amide bonds. The maximum Gasteiger partial charge on any atom is 0.354 e. The van der Waals surface area contributed by atoms with E-state index in [1.54, 1.807) is 20.8 Å². The zero-order valence-corrected chi connectivity index (χ0v) is 11.9. The number of carbonyl (C=O) groups excluding carboxylic acids is 1. The summed E-state index contributed by atoms with van der Waals surface area (Å²) in [7, 11) is 0. The summed E-state index contributed by atoms with van der Waals surface area (Å²) in [6, 6.07) is 3.95. The van der Waals surface area contributed by atoms with Crippen molar-refractivity contribution < 1.29 is 19.2 Å². The van der Waals surface area contributed by atoms with E-state index in [-0.39, 0.29) is 17.4 Å². The second-order valence-corrected chi connectivity index (χ2v) is 4.65. The van der Waals surface area contributed by atoms with Gasteiger partial charge in [-0.2, -0.15) is 0 Å². The Morgan fingerprint density at radius 3 is 2.52 bits per heavy atom. The molecule has 0 aliphatic rings. The van der Waals surface area contributed by atoms with Crippen molar-refractivity contribution in [2.75, 3.05) is 0 Å². The summed E-state index contributed by atoms with van der Waals surface area (Å²) >= 11 is 0. The van der Waals surface area contributed by atoms with Crippen LogP contribution >= 0.6 is 0 Å². The van der Waals surface area contributed by atoms with Crippen molar-refractivity contribution in [2.45, 2.75) is 26.8 Å². The first kappa shape index (κ1) is 14.7. The van der Waals surface area contributed by atoms with Gasteiger partial charge in [0.2, 0.25) is 0 Å². The lowest BCUT2D eigenvalue weighted by molar-refractivity contribution is 0.0690. The molecule has 0 saturated heterocycles. The lowest BCUT2D eigenvalue weighted by atomic mass is 10.1. The van der Waals surface area contributed by atoms with E-state index < -0.39 is 11.9 Å². The number of amides is 1. The summed E-state index contributed by atoms with van der Waals surface area (Å²) in [6.45, 7) is 5.35. The van der Waals surface area contributed by atoms with Gasteiger partial charge in [0, 0.05) is 5.56 Å². The van der Waals surface area contributed by atoms with Gasteiger partial charge in [-0.1, -0.05) is 11.2 Å². The Kier molecular flexibility index (Phi) is 4.02. The molecule has 0 aliphatic carbocycles. The summed E-state index contributed by atoms with van der Waals surface area (Å²) in [5.41, 5.74) is 1.38. The SMILES string of the molecule is Cc1noc(C)c1C(C)NC(=O)c1cccc(C(=O)O)n1. The van der Waals surface area contributed by atoms with E-state index in [4.69, 9.17) is 9.63 Å². The summed E-state index contributed by atoms with van der Waals surface area (Å²) in [5.74, 6) is -0.999. The van der Waals surface area contributed by atoms with Crippen molar-refractivity contribution in [1.82, 2.24) is 15.5 Å². The number of carbonyl (C=O) groups is 2. The number of aromatic carboxylic acids is 1. The molecule has 2 aromatic heterocycles. The first-order valence-electron chi connectivity index (χ1n) is 6.34. The van der Waals surface area contributed by atoms with E-state index in [9.17, 15) is 9.59 Å². The molecule has 21 heavy (non-hydrogen) atoms. The fourth-order valence-corrected chi connectivity index (χ4v) is 2.13. The summed E-state index contributed by atoms with van der Waals surface area (Å²) < 4.78 is 5.06. The third-order valence-electron chi connectivity index (χ3n) is 3.07. The molecular formula is C14H15N3O4. The molecule has 2 heterocycles. The monoisotopic (exact) mass is 289 g/mol. The number of carboxylic acid groups (broad SMARTS) is 1. The lowest BCUT2D eigenvalue weighted by Crippen LogP contribution is -2.28. The van der Waals surface area contributed by atoms with Crippen LogP contribution in [0.5, 0.6) is 0 Å². The second kappa shape index (κ2) is 5.74. The van der Waals surface area contributed by atoms with Crippen LogP contribution in [0.2, 0.25) is 0 Å². The molecule has 0 fully saturated rings. The quantitative estimate of drug-likeness (QED) is 0.890. The number of aryl methyl sites for hydroxylation is 2. The molecule has 0 radical (unpaired) electrons. The van der Waals surface area contributed by atoms with Gasteiger partial charge in [-0.3, -0.25) is 4.79 Å². The van der Waals surface area contributed by atoms with Gasteiger partial charge in [-0.25, -0.2) is 9.78 Å². The van der Waals surface area contributed by atoms with Crippen LogP contribution in [0.25, 0.3) is 0 Å². The van der Waals surface area contributed by atoms with Gasteiger partial charge in [0.1, 0.15) is 17.1 Å². The molecule has 1 unspecified atom stereocenters. The first-order chi connectivity index (χ1) is 9.90. The predicted octanol–water partition coefficient (Wildman–Crippen LogP) is 1.88. The van der Waals surface area contributed by atoms with Crippen LogP contribution in [0.3, 0.4) is 0 Å². The van der Waals surface area contributed by atoms with Crippen LogP contribution in [-0.2, 0) is 0 Å². The van der Waals surface area contributed by atoms with Gasteiger partial charge in [0.15, 0.2) is 0 Å². The molecule has 2 rings (SSSR count). The maximum absolute atomic E-state index is 12.1. The molecule has 2 N–H and O–H groups in total. The zero-order chi connectivity index (χ0) is 15.6. The number of hydrogen-bond acceptors (Lipinski definition) is 5. The van der Waals surface area contributed by atoms with E-state index >= 15 is 0 Å². The van der Waals surface area contributed by atoms with Gasteiger partial charge in [-0.15, -0.1) is 0 Å². The van der Waals surface area contributed by atoms with E-state index in [1.807, 2.05) is 0 Å². The number of hydrogen-bond donors (Lipinski definition) is 2. The minimum atomic E-state index is -1.18. The Labute approximate surface area is 121 Å². The average Bonchev–Trinajstić information content (AvgIpc) is 2.78. The van der Waals surface area contributed by atoms with E-state index in [1.165, 1.54) is 18.2 Å². The van der Waals surface area contributed by atoms with Gasteiger partial charge >= 0.3 is 5.97 Å². The number of nitrogens with zero attached hydrogens (tertiary/aromatic N) is 2. The van der Waals surface area contributed by atoms with Crippen molar-refractivity contribution in [1.29, 1.82) is 0 Å². The minimum Gasteiger partial charge on any atom is -0.477 e.